The Morgan fingerprint density at radius 1 is 1.15 bits per heavy atom. The van der Waals surface area contributed by atoms with Crippen molar-refractivity contribution in [3.63, 3.8) is 0 Å². The summed E-state index contributed by atoms with van der Waals surface area (Å²) in [5.41, 5.74) is 1.21. The minimum absolute atomic E-state index is 0.0202. The number of amides is 1. The molecule has 1 atom stereocenters. The van der Waals surface area contributed by atoms with Gasteiger partial charge in [0.15, 0.2) is 0 Å². The molecular weight excluding hydrogens is 422 g/mol. The highest BCUT2D eigenvalue weighted by Crippen LogP contribution is 2.39. The number of aromatic nitrogens is 1. The Morgan fingerprint density at radius 2 is 1.88 bits per heavy atom. The molecule has 33 heavy (non-hydrogen) atoms. The fourth-order valence-electron chi connectivity index (χ4n) is 4.19. The van der Waals surface area contributed by atoms with Gasteiger partial charge < -0.3 is 19.5 Å². The molecule has 2 saturated heterocycles. The van der Waals surface area contributed by atoms with Gasteiger partial charge in [-0.2, -0.15) is 0 Å². The molecule has 8 nitrogen and oxygen atoms in total. The number of nitrogens with zero attached hydrogens (tertiary/aromatic N) is 3. The lowest BCUT2D eigenvalue weighted by Gasteiger charge is -2.30. The fraction of sp³-hybridized carbons (Fsp3) is 0.400. The van der Waals surface area contributed by atoms with Gasteiger partial charge in [-0.1, -0.05) is 6.07 Å². The van der Waals surface area contributed by atoms with Gasteiger partial charge in [0, 0.05) is 44.1 Å². The number of likely N-dealkylation sites (tertiary alicyclic amines) is 1. The number of morpholine rings is 1. The third-order valence-electron chi connectivity index (χ3n) is 5.80. The number of Topliss-reactive ketones (excluding diaryl/α,β-unsaturated/α-hetero) is 1. The zero-order chi connectivity index (χ0) is 23.4. The van der Waals surface area contributed by atoms with E-state index in [4.69, 9.17) is 9.47 Å². The van der Waals surface area contributed by atoms with Crippen LogP contribution >= 0.6 is 0 Å². The number of carbonyl (C=O) groups is 2. The Bertz CT molecular complexity index is 1010. The summed E-state index contributed by atoms with van der Waals surface area (Å²) in [5, 5.41) is 11.1. The van der Waals surface area contributed by atoms with Crippen LogP contribution in [0, 0.1) is 0 Å². The van der Waals surface area contributed by atoms with E-state index in [0.717, 1.165) is 13.1 Å². The van der Waals surface area contributed by atoms with Gasteiger partial charge in [-0.25, -0.2) is 0 Å². The van der Waals surface area contributed by atoms with Gasteiger partial charge in [-0.05, 0) is 49.7 Å². The van der Waals surface area contributed by atoms with Gasteiger partial charge >= 0.3 is 0 Å². The summed E-state index contributed by atoms with van der Waals surface area (Å²) in [6.45, 7) is 7.72. The molecular formula is C25H29N3O5. The third-order valence-corrected chi connectivity index (χ3v) is 5.80. The van der Waals surface area contributed by atoms with Gasteiger partial charge in [0.25, 0.3) is 11.7 Å². The molecule has 2 fully saturated rings. The van der Waals surface area contributed by atoms with E-state index in [1.54, 1.807) is 42.7 Å². The molecule has 0 saturated carbocycles. The second kappa shape index (κ2) is 10.1. The van der Waals surface area contributed by atoms with Crippen LogP contribution in [0.15, 0.2) is 54.4 Å². The van der Waals surface area contributed by atoms with Crippen molar-refractivity contribution in [1.29, 1.82) is 0 Å². The molecule has 1 unspecified atom stereocenters. The molecule has 0 radical (unpaired) electrons. The predicted molar refractivity (Wildman–Crippen MR) is 123 cm³/mol. The number of ketones is 1. The van der Waals surface area contributed by atoms with Gasteiger partial charge in [0.05, 0.1) is 30.9 Å². The maximum Gasteiger partial charge on any atom is 0.295 e. The molecule has 1 aromatic carbocycles. The van der Waals surface area contributed by atoms with Crippen LogP contribution in [0.1, 0.15) is 31.0 Å². The van der Waals surface area contributed by atoms with Crippen LogP contribution in [0.4, 0.5) is 0 Å². The van der Waals surface area contributed by atoms with E-state index in [0.29, 0.717) is 43.2 Å². The summed E-state index contributed by atoms with van der Waals surface area (Å²) in [6.07, 6.45) is 3.29. The van der Waals surface area contributed by atoms with Gasteiger partial charge in [-0.15, -0.1) is 0 Å². The van der Waals surface area contributed by atoms with Crippen LogP contribution in [0.3, 0.4) is 0 Å². The lowest BCUT2D eigenvalue weighted by Crippen LogP contribution is -2.42. The van der Waals surface area contributed by atoms with Crippen molar-refractivity contribution in [3.8, 4) is 5.75 Å². The Balaban J connectivity index is 1.67. The molecule has 4 rings (SSSR count). The first-order valence-corrected chi connectivity index (χ1v) is 11.2. The summed E-state index contributed by atoms with van der Waals surface area (Å²) in [5.74, 6) is -0.840. The van der Waals surface area contributed by atoms with Gasteiger partial charge in [-0.3, -0.25) is 19.5 Å². The number of hydrogen-bond donors (Lipinski definition) is 1. The number of benzene rings is 1. The second-order valence-electron chi connectivity index (χ2n) is 8.42. The molecule has 0 bridgehead atoms. The SMILES string of the molecule is CC(C)Oc1ccc(C(O)=C2C(=O)C(=O)N(CCN3CCOCC3)C2c2cccnc2)cc1. The molecule has 2 aliphatic rings. The quantitative estimate of drug-likeness (QED) is 0.393. The second-order valence-corrected chi connectivity index (χ2v) is 8.42. The minimum atomic E-state index is -0.702. The molecule has 2 aromatic rings. The number of hydrogen-bond acceptors (Lipinski definition) is 7. The summed E-state index contributed by atoms with van der Waals surface area (Å²) < 4.78 is 11.1. The van der Waals surface area contributed by atoms with Crippen molar-refractivity contribution >= 4 is 17.4 Å². The minimum Gasteiger partial charge on any atom is -0.507 e. The molecule has 8 heteroatoms. The van der Waals surface area contributed by atoms with Crippen LogP contribution in [-0.4, -0.2) is 77.1 Å². The van der Waals surface area contributed by atoms with E-state index in [-0.39, 0.29) is 17.4 Å². The average molecular weight is 452 g/mol. The first kappa shape index (κ1) is 22.9. The number of aliphatic hydroxyl groups excluding tert-OH is 1. The molecule has 0 aliphatic carbocycles. The molecule has 2 aliphatic heterocycles. The lowest BCUT2D eigenvalue weighted by molar-refractivity contribution is -0.140. The van der Waals surface area contributed by atoms with Crippen molar-refractivity contribution in [2.24, 2.45) is 0 Å². The zero-order valence-electron chi connectivity index (χ0n) is 18.9. The number of carbonyl (C=O) groups excluding carboxylic acids is 2. The van der Waals surface area contributed by atoms with Gasteiger partial charge in [0.2, 0.25) is 0 Å². The van der Waals surface area contributed by atoms with Crippen LogP contribution in [0.25, 0.3) is 5.76 Å². The Morgan fingerprint density at radius 3 is 2.52 bits per heavy atom. The van der Waals surface area contributed by atoms with Crippen molar-refractivity contribution in [2.75, 3.05) is 39.4 Å². The number of rotatable bonds is 7. The summed E-state index contributed by atoms with van der Waals surface area (Å²) in [6, 6.07) is 9.73. The van der Waals surface area contributed by atoms with E-state index in [9.17, 15) is 14.7 Å². The average Bonchev–Trinajstić information content (AvgIpc) is 3.08. The number of aliphatic hydroxyl groups is 1. The maximum atomic E-state index is 13.1. The van der Waals surface area contributed by atoms with Crippen molar-refractivity contribution in [2.45, 2.75) is 26.0 Å². The van der Waals surface area contributed by atoms with Crippen molar-refractivity contribution in [1.82, 2.24) is 14.8 Å². The van der Waals surface area contributed by atoms with E-state index in [2.05, 4.69) is 9.88 Å². The zero-order valence-corrected chi connectivity index (χ0v) is 18.9. The van der Waals surface area contributed by atoms with Crippen LogP contribution in [0.2, 0.25) is 0 Å². The molecule has 1 aromatic heterocycles. The first-order valence-electron chi connectivity index (χ1n) is 11.2. The molecule has 174 valence electrons. The lowest BCUT2D eigenvalue weighted by atomic mass is 9.96. The summed E-state index contributed by atoms with van der Waals surface area (Å²) in [7, 11) is 0. The van der Waals surface area contributed by atoms with Crippen LogP contribution < -0.4 is 4.74 Å². The number of ether oxygens (including phenoxy) is 2. The topological polar surface area (TPSA) is 92.2 Å². The highest BCUT2D eigenvalue weighted by atomic mass is 16.5. The van der Waals surface area contributed by atoms with Crippen LogP contribution in [0.5, 0.6) is 5.75 Å². The van der Waals surface area contributed by atoms with Crippen molar-refractivity contribution < 1.29 is 24.2 Å². The van der Waals surface area contributed by atoms with E-state index in [1.165, 1.54) is 4.90 Å². The van der Waals surface area contributed by atoms with Crippen molar-refractivity contribution in [3.05, 3.63) is 65.5 Å². The Kier molecular flexibility index (Phi) is 7.05. The standard InChI is InChI=1S/C25H29N3O5/c1-17(2)33-20-7-5-18(6-8-20)23(29)21-22(19-4-3-9-26-16-19)28(25(31)24(21)30)11-10-27-12-14-32-15-13-27/h3-9,16-17,22,29H,10-15H2,1-2H3. The van der Waals surface area contributed by atoms with Crippen LogP contribution in [-0.2, 0) is 14.3 Å². The third kappa shape index (κ3) is 5.07. The molecule has 1 N–H and O–H groups in total. The largest absolute Gasteiger partial charge is 0.507 e. The molecule has 1 amide bonds. The summed E-state index contributed by atoms with van der Waals surface area (Å²) in [4.78, 5) is 34.0. The number of pyridine rings is 1. The maximum absolute atomic E-state index is 13.1. The molecule has 0 spiro atoms. The monoisotopic (exact) mass is 451 g/mol. The highest BCUT2D eigenvalue weighted by molar-refractivity contribution is 6.46. The van der Waals surface area contributed by atoms with Gasteiger partial charge in [0.1, 0.15) is 11.5 Å². The summed E-state index contributed by atoms with van der Waals surface area (Å²) >= 11 is 0. The highest BCUT2D eigenvalue weighted by Gasteiger charge is 2.46. The fourth-order valence-corrected chi connectivity index (χ4v) is 4.19. The molecule has 3 heterocycles. The Hall–Kier alpha value is -3.23. The predicted octanol–water partition coefficient (Wildman–Crippen LogP) is 2.62. The first-order chi connectivity index (χ1) is 16.0. The van der Waals surface area contributed by atoms with E-state index in [1.807, 2.05) is 19.9 Å². The smallest absolute Gasteiger partial charge is 0.295 e. The van der Waals surface area contributed by atoms with E-state index < -0.39 is 17.7 Å². The van der Waals surface area contributed by atoms with E-state index >= 15 is 0 Å². The Labute approximate surface area is 193 Å². The normalized spacial score (nSPS) is 21.1.